The Morgan fingerprint density at radius 2 is 1.46 bits per heavy atom. The van der Waals surface area contributed by atoms with Crippen molar-refractivity contribution in [3.63, 3.8) is 0 Å². The topological polar surface area (TPSA) is 167 Å². The van der Waals surface area contributed by atoms with Crippen molar-refractivity contribution in [2.45, 2.75) is 174 Å². The van der Waals surface area contributed by atoms with Gasteiger partial charge in [0.1, 0.15) is 29.6 Å². The fraction of sp³-hybridized carbons (Fsp3) is 0.689. The van der Waals surface area contributed by atoms with Crippen molar-refractivity contribution < 1.29 is 53.1 Å². The number of esters is 2. The monoisotopic (exact) mass is 799 g/mol. The first kappa shape index (κ1) is 49.2. The van der Waals surface area contributed by atoms with E-state index in [0.29, 0.717) is 30.9 Å². The second kappa shape index (κ2) is 24.1. The summed E-state index contributed by atoms with van der Waals surface area (Å²) in [4.78, 5) is 53.4. The molecule has 12 heteroatoms. The van der Waals surface area contributed by atoms with Gasteiger partial charge in [0, 0.05) is 19.3 Å². The number of carbonyl (C=O) groups is 4. The molecule has 1 aliphatic heterocycles. The summed E-state index contributed by atoms with van der Waals surface area (Å²) in [6.45, 7) is 15.2. The number of carboxylic acid groups (broad SMARTS) is 1. The van der Waals surface area contributed by atoms with Crippen molar-refractivity contribution in [2.75, 3.05) is 19.8 Å². The van der Waals surface area contributed by atoms with E-state index in [9.17, 15) is 29.4 Å². The Balaban J connectivity index is 2.26. The highest BCUT2D eigenvalue weighted by Gasteiger charge is 2.51. The van der Waals surface area contributed by atoms with Crippen LogP contribution in [0.15, 0.2) is 36.4 Å². The van der Waals surface area contributed by atoms with Gasteiger partial charge in [-0.05, 0) is 91.8 Å². The van der Waals surface area contributed by atoms with E-state index in [0.717, 1.165) is 44.9 Å². The summed E-state index contributed by atoms with van der Waals surface area (Å²) in [5, 5.41) is 24.4. The van der Waals surface area contributed by atoms with Gasteiger partial charge in [-0.25, -0.2) is 9.59 Å². The average Bonchev–Trinajstić information content (AvgIpc) is 3.58. The van der Waals surface area contributed by atoms with E-state index in [2.05, 4.69) is 24.1 Å². The van der Waals surface area contributed by atoms with E-state index in [1.54, 1.807) is 78.8 Å². The van der Waals surface area contributed by atoms with Crippen LogP contribution in [0.25, 0.3) is 0 Å². The van der Waals surface area contributed by atoms with Crippen LogP contribution >= 0.6 is 0 Å². The van der Waals surface area contributed by atoms with Crippen molar-refractivity contribution in [3.05, 3.63) is 42.0 Å². The van der Waals surface area contributed by atoms with Crippen LogP contribution in [0.1, 0.15) is 144 Å². The van der Waals surface area contributed by atoms with Gasteiger partial charge in [0.05, 0.1) is 25.6 Å². The second-order valence-electron chi connectivity index (χ2n) is 16.8. The summed E-state index contributed by atoms with van der Waals surface area (Å²) in [5.41, 5.74) is -4.15. The highest BCUT2D eigenvalue weighted by Crippen LogP contribution is 2.32. The zero-order valence-corrected chi connectivity index (χ0v) is 35.7. The molecule has 12 nitrogen and oxygen atoms in total. The Morgan fingerprint density at radius 1 is 0.877 bits per heavy atom. The van der Waals surface area contributed by atoms with Gasteiger partial charge in [-0.2, -0.15) is 0 Å². The summed E-state index contributed by atoms with van der Waals surface area (Å²) in [5.74, 6) is -0.547. The van der Waals surface area contributed by atoms with E-state index >= 15 is 0 Å². The van der Waals surface area contributed by atoms with Crippen LogP contribution < -0.4 is 10.1 Å². The Kier molecular flexibility index (Phi) is 20.8. The second-order valence-corrected chi connectivity index (χ2v) is 16.8. The predicted octanol–water partition coefficient (Wildman–Crippen LogP) is 7.62. The quantitative estimate of drug-likeness (QED) is 0.0385. The molecule has 3 N–H and O–H groups in total. The lowest BCUT2D eigenvalue weighted by Crippen LogP contribution is -2.57. The fourth-order valence-corrected chi connectivity index (χ4v) is 6.50. The van der Waals surface area contributed by atoms with Gasteiger partial charge < -0.3 is 39.2 Å². The standard InChI is InChI=1S/C45H69NO11/c1-9-11-13-17-20-27-44(54-30-31-55-44)28-21-18-15-14-16-19-22-36(45(52,33-38(47)48)41(51)57-43(6,7)8)39(49)46-37(40(50)56-42(3,4)5)32-34-23-25-35(26-24-34)53-29-12-10-2/h19,22-26,36-37,52H,9,11,13-18,20-21,27-33H2,1-8H3,(H,46,49)(H,47,48)/b22-19+/t36-,37+,45+/m1/s1. The molecule has 1 heterocycles. The molecular weight excluding hydrogens is 730 g/mol. The molecule has 320 valence electrons. The fourth-order valence-electron chi connectivity index (χ4n) is 6.50. The molecule has 1 aromatic carbocycles. The van der Waals surface area contributed by atoms with Gasteiger partial charge in [-0.1, -0.05) is 75.7 Å². The Hall–Kier alpha value is -3.92. The molecule has 0 saturated carbocycles. The van der Waals surface area contributed by atoms with Crippen LogP contribution in [-0.2, 0) is 44.5 Å². The first-order chi connectivity index (χ1) is 26.8. The largest absolute Gasteiger partial charge is 0.481 e. The van der Waals surface area contributed by atoms with Gasteiger partial charge in [0.2, 0.25) is 5.91 Å². The summed E-state index contributed by atoms with van der Waals surface area (Å²) < 4.78 is 28.8. The normalized spacial score (nSPS) is 16.2. The molecule has 0 unspecified atom stereocenters. The maximum absolute atomic E-state index is 14.2. The molecule has 0 aromatic heterocycles. The summed E-state index contributed by atoms with van der Waals surface area (Å²) >= 11 is 0. The van der Waals surface area contributed by atoms with Crippen LogP contribution in [0.3, 0.4) is 0 Å². The molecule has 0 radical (unpaired) electrons. The highest BCUT2D eigenvalue weighted by molar-refractivity contribution is 5.95. The number of ether oxygens (including phenoxy) is 5. The van der Waals surface area contributed by atoms with Crippen LogP contribution in [0, 0.1) is 17.8 Å². The van der Waals surface area contributed by atoms with Crippen molar-refractivity contribution in [1.82, 2.24) is 5.32 Å². The van der Waals surface area contributed by atoms with Crippen molar-refractivity contribution in [1.29, 1.82) is 0 Å². The SMILES string of the molecule is CC#CCOc1ccc(C[C@H](NC(=O)[C@@H](/C=C/CCCCCCC2(CCCCCCC)OCCO2)[C@@](O)(CC(=O)O)C(=O)OC(C)(C)C)C(=O)OC(C)(C)C)cc1. The van der Waals surface area contributed by atoms with Crippen LogP contribution in [0.4, 0.5) is 0 Å². The number of aliphatic carboxylic acids is 1. The maximum atomic E-state index is 14.2. The van der Waals surface area contributed by atoms with Gasteiger partial charge in [0.15, 0.2) is 11.4 Å². The third kappa shape index (κ3) is 18.9. The Bertz CT molecular complexity index is 1490. The number of allylic oxidation sites excluding steroid dienone is 1. The number of carbonyl (C=O) groups excluding carboxylic acids is 3. The number of benzene rings is 1. The Labute approximate surface area is 340 Å². The Morgan fingerprint density at radius 3 is 2.00 bits per heavy atom. The molecule has 1 fully saturated rings. The van der Waals surface area contributed by atoms with Gasteiger partial charge in [0.25, 0.3) is 0 Å². The highest BCUT2D eigenvalue weighted by atomic mass is 16.7. The number of rotatable bonds is 25. The van der Waals surface area contributed by atoms with Crippen molar-refractivity contribution >= 4 is 23.8 Å². The molecule has 3 atom stereocenters. The average molecular weight is 800 g/mol. The number of aliphatic hydroxyl groups is 1. The first-order valence-corrected chi connectivity index (χ1v) is 20.6. The predicted molar refractivity (Wildman–Crippen MR) is 218 cm³/mol. The number of carboxylic acids is 1. The lowest BCUT2D eigenvalue weighted by molar-refractivity contribution is -0.187. The van der Waals surface area contributed by atoms with E-state index in [-0.39, 0.29) is 13.0 Å². The van der Waals surface area contributed by atoms with E-state index < -0.39 is 64.8 Å². The molecule has 1 aromatic rings. The maximum Gasteiger partial charge on any atom is 0.340 e. The van der Waals surface area contributed by atoms with Crippen molar-refractivity contribution in [3.8, 4) is 17.6 Å². The minimum Gasteiger partial charge on any atom is -0.481 e. The number of amides is 1. The van der Waals surface area contributed by atoms with E-state index in [1.165, 1.54) is 31.8 Å². The molecule has 1 amide bonds. The van der Waals surface area contributed by atoms with Crippen molar-refractivity contribution in [2.24, 2.45) is 5.92 Å². The summed E-state index contributed by atoms with van der Waals surface area (Å²) in [6.07, 6.45) is 13.5. The first-order valence-electron chi connectivity index (χ1n) is 20.6. The summed E-state index contributed by atoms with van der Waals surface area (Å²) in [7, 11) is 0. The number of hydrogen-bond acceptors (Lipinski definition) is 10. The molecule has 1 aliphatic rings. The zero-order chi connectivity index (χ0) is 42.5. The molecule has 2 rings (SSSR count). The van der Waals surface area contributed by atoms with Gasteiger partial charge in [-0.15, -0.1) is 5.92 Å². The van der Waals surface area contributed by atoms with Crippen LogP contribution in [-0.4, -0.2) is 82.5 Å². The van der Waals surface area contributed by atoms with Crippen LogP contribution in [0.5, 0.6) is 5.75 Å². The minimum absolute atomic E-state index is 0.00779. The number of nitrogens with one attached hydrogen (secondary N) is 1. The van der Waals surface area contributed by atoms with E-state index in [4.69, 9.17) is 23.7 Å². The smallest absolute Gasteiger partial charge is 0.340 e. The lowest BCUT2D eigenvalue weighted by Gasteiger charge is -2.34. The molecule has 0 bridgehead atoms. The summed E-state index contributed by atoms with van der Waals surface area (Å²) in [6, 6.07) is 5.64. The molecule has 57 heavy (non-hydrogen) atoms. The van der Waals surface area contributed by atoms with Gasteiger partial charge >= 0.3 is 17.9 Å². The molecule has 1 saturated heterocycles. The third-order valence-corrected chi connectivity index (χ3v) is 9.31. The van der Waals surface area contributed by atoms with Gasteiger partial charge in [-0.3, -0.25) is 9.59 Å². The minimum atomic E-state index is -2.80. The number of hydrogen-bond donors (Lipinski definition) is 3. The third-order valence-electron chi connectivity index (χ3n) is 9.31. The lowest BCUT2D eigenvalue weighted by atomic mass is 9.82. The zero-order valence-electron chi connectivity index (χ0n) is 35.7. The molecule has 0 aliphatic carbocycles. The van der Waals surface area contributed by atoms with Crippen LogP contribution in [0.2, 0.25) is 0 Å². The van der Waals surface area contributed by atoms with E-state index in [1.807, 2.05) is 0 Å². The number of unbranched alkanes of at least 4 members (excludes halogenated alkanes) is 8. The molecule has 0 spiro atoms. The molecular formula is C45H69NO11.